The molecule has 2 atom stereocenters. The molecule has 2 saturated heterocycles. The molecule has 2 aliphatic heterocycles. The van der Waals surface area contributed by atoms with E-state index in [2.05, 4.69) is 4.98 Å². The van der Waals surface area contributed by atoms with E-state index in [0.717, 1.165) is 19.3 Å². The summed E-state index contributed by atoms with van der Waals surface area (Å²) in [7, 11) is 0. The number of piperidine rings is 1. The SMILES string of the molecule is Nc1nc(N2CCCCC2)c([N+]2([O-])SCOCC2C(=O)O)c(N)[n+]1[O-]. The molecule has 2 fully saturated rings. The van der Waals surface area contributed by atoms with Gasteiger partial charge in [-0.2, -0.15) is 0 Å². The highest BCUT2D eigenvalue weighted by atomic mass is 32.2. The molecule has 2 aliphatic rings. The van der Waals surface area contributed by atoms with E-state index in [1.807, 2.05) is 4.90 Å². The van der Waals surface area contributed by atoms with Crippen molar-refractivity contribution in [1.82, 2.24) is 9.04 Å². The first-order chi connectivity index (χ1) is 11.9. The summed E-state index contributed by atoms with van der Waals surface area (Å²) in [5, 5.41) is 35.1. The van der Waals surface area contributed by atoms with Crippen LogP contribution in [0.25, 0.3) is 0 Å². The lowest BCUT2D eigenvalue weighted by Gasteiger charge is -2.46. The molecule has 0 aliphatic carbocycles. The number of nitrogen functional groups attached to an aromatic ring is 2. The van der Waals surface area contributed by atoms with Crippen LogP contribution in [0.1, 0.15) is 19.3 Å². The second kappa shape index (κ2) is 6.71. The van der Waals surface area contributed by atoms with Crippen LogP contribution in [-0.4, -0.2) is 47.7 Å². The van der Waals surface area contributed by atoms with Gasteiger partial charge < -0.3 is 36.6 Å². The highest BCUT2D eigenvalue weighted by Crippen LogP contribution is 2.45. The lowest BCUT2D eigenvalue weighted by molar-refractivity contribution is -0.576. The average molecular weight is 372 g/mol. The Balaban J connectivity index is 2.18. The Morgan fingerprint density at radius 2 is 2.08 bits per heavy atom. The summed E-state index contributed by atoms with van der Waals surface area (Å²) in [6, 6.07) is -1.46. The topological polar surface area (TPSA) is 165 Å². The Morgan fingerprint density at radius 1 is 1.40 bits per heavy atom. The lowest BCUT2D eigenvalue weighted by atomic mass is 10.1. The lowest BCUT2D eigenvalue weighted by Crippen LogP contribution is -2.57. The number of anilines is 3. The van der Waals surface area contributed by atoms with E-state index in [9.17, 15) is 20.3 Å². The molecule has 138 valence electrons. The number of carboxylic acid groups (broad SMARTS) is 1. The maximum Gasteiger partial charge on any atom is 0.366 e. The summed E-state index contributed by atoms with van der Waals surface area (Å²) in [5.41, 5.74) is 11.4. The number of nitrogens with two attached hydrogens (primary N) is 2. The van der Waals surface area contributed by atoms with E-state index in [0.29, 0.717) is 25.0 Å². The minimum Gasteiger partial charge on any atom is -0.754 e. The number of carbonyl (C=O) groups is 1. The summed E-state index contributed by atoms with van der Waals surface area (Å²) in [6.07, 6.45) is 2.83. The first-order valence-electron chi connectivity index (χ1n) is 7.85. The Kier molecular flexibility index (Phi) is 4.77. The van der Waals surface area contributed by atoms with Crippen molar-refractivity contribution in [1.29, 1.82) is 0 Å². The second-order valence-corrected chi connectivity index (χ2v) is 6.97. The molecule has 3 rings (SSSR count). The predicted octanol–water partition coefficient (Wildman–Crippen LogP) is -0.236. The van der Waals surface area contributed by atoms with Crippen LogP contribution in [0.15, 0.2) is 0 Å². The smallest absolute Gasteiger partial charge is 0.366 e. The Bertz CT molecular complexity index is 685. The fourth-order valence-electron chi connectivity index (χ4n) is 3.07. The summed E-state index contributed by atoms with van der Waals surface area (Å²) in [4.78, 5) is 17.5. The van der Waals surface area contributed by atoms with Crippen LogP contribution in [0, 0.1) is 10.4 Å². The third kappa shape index (κ3) is 3.01. The van der Waals surface area contributed by atoms with Crippen molar-refractivity contribution in [2.45, 2.75) is 25.3 Å². The molecule has 0 aromatic carbocycles. The molecule has 0 saturated carbocycles. The zero-order chi connectivity index (χ0) is 18.2. The molecule has 3 heterocycles. The number of hydrogen-bond donors (Lipinski definition) is 3. The van der Waals surface area contributed by atoms with Crippen molar-refractivity contribution in [3.8, 4) is 0 Å². The fourth-order valence-corrected chi connectivity index (χ4v) is 4.03. The van der Waals surface area contributed by atoms with Crippen LogP contribution in [0.4, 0.5) is 23.3 Å². The number of rotatable bonds is 3. The van der Waals surface area contributed by atoms with Crippen LogP contribution in [0.5, 0.6) is 0 Å². The van der Waals surface area contributed by atoms with Crippen LogP contribution >= 0.6 is 11.9 Å². The average Bonchev–Trinajstić information content (AvgIpc) is 2.60. The van der Waals surface area contributed by atoms with Crippen molar-refractivity contribution >= 4 is 41.2 Å². The number of aromatic nitrogens is 2. The molecule has 0 spiro atoms. The quantitative estimate of drug-likeness (QED) is 0.279. The molecule has 25 heavy (non-hydrogen) atoms. The number of aliphatic carboxylic acids is 1. The normalized spacial score (nSPS) is 27.2. The van der Waals surface area contributed by atoms with Crippen molar-refractivity contribution in [2.75, 3.05) is 42.0 Å². The van der Waals surface area contributed by atoms with Gasteiger partial charge in [-0.15, -0.1) is 0 Å². The maximum absolute atomic E-state index is 13.5. The number of carboxylic acids is 1. The minimum atomic E-state index is -1.46. The van der Waals surface area contributed by atoms with E-state index in [-0.39, 0.29) is 34.7 Å². The molecular weight excluding hydrogens is 352 g/mol. The zero-order valence-electron chi connectivity index (χ0n) is 13.5. The summed E-state index contributed by atoms with van der Waals surface area (Å²) >= 11 is 0.701. The van der Waals surface area contributed by atoms with E-state index in [1.54, 1.807) is 0 Å². The van der Waals surface area contributed by atoms with Crippen molar-refractivity contribution in [3.63, 3.8) is 0 Å². The van der Waals surface area contributed by atoms with E-state index in [1.165, 1.54) is 0 Å². The molecule has 0 amide bonds. The van der Waals surface area contributed by atoms with Crippen LogP contribution in [-0.2, 0) is 9.53 Å². The van der Waals surface area contributed by atoms with Gasteiger partial charge in [-0.05, 0) is 19.3 Å². The van der Waals surface area contributed by atoms with Gasteiger partial charge in [0.25, 0.3) is 17.3 Å². The Morgan fingerprint density at radius 3 is 2.72 bits per heavy atom. The summed E-state index contributed by atoms with van der Waals surface area (Å²) in [5.74, 6) is -1.98. The van der Waals surface area contributed by atoms with Gasteiger partial charge in [-0.3, -0.25) is 0 Å². The molecule has 0 bridgehead atoms. The number of hydrogen-bond acceptors (Lipinski definition) is 9. The molecule has 1 aromatic rings. The first kappa shape index (κ1) is 17.8. The fraction of sp³-hybridized carbons (Fsp3) is 0.615. The molecule has 1 aromatic heterocycles. The van der Waals surface area contributed by atoms with Gasteiger partial charge in [-0.25, -0.2) is 13.6 Å². The van der Waals surface area contributed by atoms with Crippen LogP contribution < -0.4 is 25.1 Å². The monoisotopic (exact) mass is 372 g/mol. The van der Waals surface area contributed by atoms with Gasteiger partial charge in [0.1, 0.15) is 24.5 Å². The molecule has 5 N–H and O–H groups in total. The standard InChI is InChI=1S/C13H20N6O5S/c14-10-9(19(23)8(12(20)21)6-24-7-25-19)11(16-13(15)18(10)22)17-4-2-1-3-5-17/h8H,1-7,14H2,(H2,15,16)(H,20,21). The van der Waals surface area contributed by atoms with E-state index < -0.39 is 21.9 Å². The highest BCUT2D eigenvalue weighted by molar-refractivity contribution is 7.98. The van der Waals surface area contributed by atoms with Gasteiger partial charge in [0.05, 0.1) is 0 Å². The number of nitrogens with zero attached hydrogens (tertiary/aromatic N) is 4. The molecular formula is C13H20N6O5S. The van der Waals surface area contributed by atoms with E-state index in [4.69, 9.17) is 16.2 Å². The number of hydroxylamine groups is 1. The predicted molar refractivity (Wildman–Crippen MR) is 93.1 cm³/mol. The first-order valence-corrected chi connectivity index (χ1v) is 8.79. The van der Waals surface area contributed by atoms with Gasteiger partial charge in [-0.1, -0.05) is 4.98 Å². The van der Waals surface area contributed by atoms with Gasteiger partial charge in [0, 0.05) is 13.1 Å². The molecule has 11 nitrogen and oxygen atoms in total. The van der Waals surface area contributed by atoms with Gasteiger partial charge >= 0.3 is 11.9 Å². The van der Waals surface area contributed by atoms with E-state index >= 15 is 0 Å². The van der Waals surface area contributed by atoms with Crippen molar-refractivity contribution in [2.24, 2.45) is 0 Å². The zero-order valence-corrected chi connectivity index (χ0v) is 14.3. The van der Waals surface area contributed by atoms with Crippen LogP contribution in [0.3, 0.4) is 0 Å². The van der Waals surface area contributed by atoms with Crippen molar-refractivity contribution < 1.29 is 19.4 Å². The minimum absolute atomic E-state index is 0.0185. The summed E-state index contributed by atoms with van der Waals surface area (Å²) in [6.45, 7) is 0.968. The third-order valence-corrected chi connectivity index (χ3v) is 5.46. The summed E-state index contributed by atoms with van der Waals surface area (Å²) < 4.78 is 3.91. The van der Waals surface area contributed by atoms with Crippen molar-refractivity contribution in [3.05, 3.63) is 10.4 Å². The molecule has 12 heteroatoms. The van der Waals surface area contributed by atoms with Gasteiger partial charge in [0.15, 0.2) is 0 Å². The largest absolute Gasteiger partial charge is 0.754 e. The molecule has 0 radical (unpaired) electrons. The molecule has 2 unspecified atom stereocenters. The Labute approximate surface area is 148 Å². The second-order valence-electron chi connectivity index (χ2n) is 5.94. The van der Waals surface area contributed by atoms with Gasteiger partial charge in [0.2, 0.25) is 6.04 Å². The highest BCUT2D eigenvalue weighted by Gasteiger charge is 2.48. The van der Waals surface area contributed by atoms with Crippen LogP contribution in [0.2, 0.25) is 0 Å². The number of quaternary nitrogens is 1. The third-order valence-electron chi connectivity index (χ3n) is 4.37. The number of ether oxygens (including phenoxy) is 1. The maximum atomic E-state index is 13.5. The Hall–Kier alpha value is -2.02.